The van der Waals surface area contributed by atoms with Gasteiger partial charge >= 0.3 is 11.9 Å². The predicted octanol–water partition coefficient (Wildman–Crippen LogP) is 3.17. The van der Waals surface area contributed by atoms with Crippen molar-refractivity contribution >= 4 is 11.9 Å². The molecule has 19 heavy (non-hydrogen) atoms. The first-order valence-corrected chi connectivity index (χ1v) is 6.48. The van der Waals surface area contributed by atoms with Crippen molar-refractivity contribution in [2.24, 2.45) is 0 Å². The van der Waals surface area contributed by atoms with Crippen LogP contribution in [0.25, 0.3) is 0 Å². The van der Waals surface area contributed by atoms with Crippen LogP contribution in [0.4, 0.5) is 0 Å². The van der Waals surface area contributed by atoms with Gasteiger partial charge in [-0.05, 0) is 33.6 Å². The molecule has 108 valence electrons. The fraction of sp³-hybridized carbons (Fsp3) is 0.600. The van der Waals surface area contributed by atoms with E-state index in [4.69, 9.17) is 9.47 Å². The van der Waals surface area contributed by atoms with Gasteiger partial charge in [0.05, 0.1) is 0 Å². The topological polar surface area (TPSA) is 52.6 Å². The molecule has 0 N–H and O–H groups in total. The molecule has 0 unspecified atom stereocenters. The molecular weight excluding hydrogens is 244 g/mol. The average molecular weight is 268 g/mol. The minimum atomic E-state index is -0.443. The smallest absolute Gasteiger partial charge is 0.306 e. The van der Waals surface area contributed by atoms with Gasteiger partial charge in [0.25, 0.3) is 0 Å². The van der Waals surface area contributed by atoms with E-state index in [1.54, 1.807) is 12.2 Å². The molecule has 4 nitrogen and oxygen atoms in total. The first kappa shape index (κ1) is 17.4. The van der Waals surface area contributed by atoms with Crippen molar-refractivity contribution in [3.8, 4) is 0 Å². The molecule has 0 spiro atoms. The van der Waals surface area contributed by atoms with Crippen molar-refractivity contribution in [2.75, 3.05) is 6.61 Å². The quantitative estimate of drug-likeness (QED) is 0.501. The van der Waals surface area contributed by atoms with Crippen molar-refractivity contribution < 1.29 is 19.1 Å². The Morgan fingerprint density at radius 2 is 1.68 bits per heavy atom. The van der Waals surface area contributed by atoms with Crippen LogP contribution >= 0.6 is 0 Å². The lowest BCUT2D eigenvalue weighted by molar-refractivity contribution is -0.154. The zero-order valence-electron chi connectivity index (χ0n) is 12.1. The Bertz CT molecular complexity index is 324. The van der Waals surface area contributed by atoms with E-state index in [1.165, 1.54) is 0 Å². The molecule has 0 aliphatic carbocycles. The molecule has 0 amide bonds. The first-order valence-electron chi connectivity index (χ1n) is 6.48. The van der Waals surface area contributed by atoms with Gasteiger partial charge in [0, 0.05) is 12.8 Å². The van der Waals surface area contributed by atoms with Crippen molar-refractivity contribution in [1.82, 2.24) is 0 Å². The lowest BCUT2D eigenvalue weighted by Crippen LogP contribution is -2.23. The summed E-state index contributed by atoms with van der Waals surface area (Å²) >= 11 is 0. The summed E-state index contributed by atoms with van der Waals surface area (Å²) in [7, 11) is 0. The Morgan fingerprint density at radius 1 is 1.05 bits per heavy atom. The highest BCUT2D eigenvalue weighted by atomic mass is 16.6. The van der Waals surface area contributed by atoms with Gasteiger partial charge in [0.2, 0.25) is 0 Å². The van der Waals surface area contributed by atoms with Crippen LogP contribution in [0.2, 0.25) is 0 Å². The van der Waals surface area contributed by atoms with Crippen LogP contribution in [0.1, 0.15) is 46.5 Å². The van der Waals surface area contributed by atoms with E-state index in [-0.39, 0.29) is 18.5 Å². The molecule has 4 heteroatoms. The van der Waals surface area contributed by atoms with Crippen LogP contribution in [0.5, 0.6) is 0 Å². The van der Waals surface area contributed by atoms with Crippen LogP contribution in [0.15, 0.2) is 24.8 Å². The van der Waals surface area contributed by atoms with Gasteiger partial charge in [-0.15, -0.1) is 6.58 Å². The van der Waals surface area contributed by atoms with Crippen molar-refractivity contribution in [3.63, 3.8) is 0 Å². The number of carbonyl (C=O) groups excluding carboxylic acids is 2. The molecule has 0 aromatic carbocycles. The number of hydrogen-bond donors (Lipinski definition) is 0. The number of rotatable bonds is 8. The zero-order chi connectivity index (χ0) is 14.7. The normalized spacial score (nSPS) is 11.3. The second kappa shape index (κ2) is 9.36. The third-order valence-electron chi connectivity index (χ3n) is 1.99. The van der Waals surface area contributed by atoms with Gasteiger partial charge < -0.3 is 9.47 Å². The minimum absolute atomic E-state index is 0.222. The Hall–Kier alpha value is -1.58. The summed E-state index contributed by atoms with van der Waals surface area (Å²) in [5.74, 6) is -0.461. The summed E-state index contributed by atoms with van der Waals surface area (Å²) in [5.41, 5.74) is -0.443. The van der Waals surface area contributed by atoms with Crippen LogP contribution in [0, 0.1) is 0 Å². The third-order valence-corrected chi connectivity index (χ3v) is 1.99. The van der Waals surface area contributed by atoms with Gasteiger partial charge in [-0.25, -0.2) is 0 Å². The van der Waals surface area contributed by atoms with E-state index >= 15 is 0 Å². The fourth-order valence-electron chi connectivity index (χ4n) is 1.21. The van der Waals surface area contributed by atoms with E-state index in [0.717, 1.165) is 0 Å². The van der Waals surface area contributed by atoms with Gasteiger partial charge in [-0.1, -0.05) is 18.2 Å². The molecule has 0 saturated heterocycles. The van der Waals surface area contributed by atoms with Crippen LogP contribution in [0.3, 0.4) is 0 Å². The van der Waals surface area contributed by atoms with E-state index in [0.29, 0.717) is 25.7 Å². The highest BCUT2D eigenvalue weighted by molar-refractivity contribution is 5.70. The first-order chi connectivity index (χ1) is 8.85. The van der Waals surface area contributed by atoms with E-state index < -0.39 is 5.60 Å². The summed E-state index contributed by atoms with van der Waals surface area (Å²) in [6, 6.07) is 0. The number of esters is 2. The van der Waals surface area contributed by atoms with E-state index in [2.05, 4.69) is 6.58 Å². The molecule has 0 heterocycles. The highest BCUT2D eigenvalue weighted by Gasteiger charge is 2.14. The Kier molecular flexibility index (Phi) is 8.58. The highest BCUT2D eigenvalue weighted by Crippen LogP contribution is 2.09. The molecule has 0 bridgehead atoms. The number of ether oxygens (including phenoxy) is 2. The van der Waals surface area contributed by atoms with Gasteiger partial charge in [-0.2, -0.15) is 0 Å². The zero-order valence-corrected chi connectivity index (χ0v) is 12.1. The maximum Gasteiger partial charge on any atom is 0.306 e. The summed E-state index contributed by atoms with van der Waals surface area (Å²) in [6.07, 6.45) is 7.12. The molecule has 0 rings (SSSR count). The monoisotopic (exact) mass is 268 g/mol. The predicted molar refractivity (Wildman–Crippen MR) is 74.6 cm³/mol. The van der Waals surface area contributed by atoms with Crippen LogP contribution < -0.4 is 0 Å². The van der Waals surface area contributed by atoms with Gasteiger partial charge in [0.1, 0.15) is 12.2 Å². The third kappa shape index (κ3) is 12.7. The Morgan fingerprint density at radius 3 is 2.26 bits per heavy atom. The van der Waals surface area contributed by atoms with E-state index in [9.17, 15) is 9.59 Å². The molecule has 0 aliphatic rings. The summed E-state index contributed by atoms with van der Waals surface area (Å²) in [4.78, 5) is 22.5. The molecule has 0 aliphatic heterocycles. The van der Waals surface area contributed by atoms with Gasteiger partial charge in [0.15, 0.2) is 0 Å². The summed E-state index contributed by atoms with van der Waals surface area (Å²) < 4.78 is 10.1. The fourth-order valence-corrected chi connectivity index (χ4v) is 1.21. The molecule has 0 aromatic rings. The second-order valence-corrected chi connectivity index (χ2v) is 5.11. The summed E-state index contributed by atoms with van der Waals surface area (Å²) in [6.45, 7) is 9.28. The Balaban J connectivity index is 3.61. The van der Waals surface area contributed by atoms with Gasteiger partial charge in [-0.3, -0.25) is 9.59 Å². The number of hydrogen-bond acceptors (Lipinski definition) is 4. The number of allylic oxidation sites excluding steroid dienone is 2. The molecular formula is C15H24O4. The van der Waals surface area contributed by atoms with Crippen molar-refractivity contribution in [3.05, 3.63) is 24.8 Å². The lowest BCUT2D eigenvalue weighted by atomic mass is 10.2. The minimum Gasteiger partial charge on any atom is -0.461 e. The SMILES string of the molecule is C=CCCC(=O)OCC=CCCC(=O)OC(C)(C)C. The standard InChI is InChI=1S/C15H24O4/c1-5-6-10-13(16)18-12-9-7-8-11-14(17)19-15(2,3)4/h5,7,9H,1,6,8,10-12H2,2-4H3. The maximum atomic E-state index is 11.4. The molecule has 0 atom stereocenters. The average Bonchev–Trinajstić information content (AvgIpc) is 2.28. The Labute approximate surface area is 115 Å². The molecule has 0 fully saturated rings. The summed E-state index contributed by atoms with van der Waals surface area (Å²) in [5, 5.41) is 0. The van der Waals surface area contributed by atoms with Crippen molar-refractivity contribution in [1.29, 1.82) is 0 Å². The van der Waals surface area contributed by atoms with Crippen molar-refractivity contribution in [2.45, 2.75) is 52.1 Å². The lowest BCUT2D eigenvalue weighted by Gasteiger charge is -2.19. The second-order valence-electron chi connectivity index (χ2n) is 5.11. The van der Waals surface area contributed by atoms with Crippen LogP contribution in [-0.2, 0) is 19.1 Å². The molecule has 0 radical (unpaired) electrons. The van der Waals surface area contributed by atoms with E-state index in [1.807, 2.05) is 26.8 Å². The largest absolute Gasteiger partial charge is 0.461 e. The maximum absolute atomic E-state index is 11.4. The van der Waals surface area contributed by atoms with Crippen LogP contribution in [-0.4, -0.2) is 24.1 Å². The molecule has 0 saturated carbocycles. The molecule has 0 aromatic heterocycles. The number of carbonyl (C=O) groups is 2.